The predicted octanol–water partition coefficient (Wildman–Crippen LogP) is 2.15. The molecule has 0 unspecified atom stereocenters. The van der Waals surface area contributed by atoms with Gasteiger partial charge < -0.3 is 9.55 Å². The molecule has 4 aromatic rings. The molecule has 140 valence electrons. The van der Waals surface area contributed by atoms with Gasteiger partial charge in [-0.15, -0.1) is 0 Å². The molecule has 3 heterocycles. The van der Waals surface area contributed by atoms with Gasteiger partial charge in [-0.1, -0.05) is 23.4 Å². The number of hydrogen-bond acceptors (Lipinski definition) is 5. The van der Waals surface area contributed by atoms with E-state index in [0.29, 0.717) is 34.9 Å². The lowest BCUT2D eigenvalue weighted by atomic mass is 10.3. The van der Waals surface area contributed by atoms with Gasteiger partial charge in [0.25, 0.3) is 5.56 Å². The van der Waals surface area contributed by atoms with Crippen LogP contribution in [0.2, 0.25) is 5.02 Å². The molecule has 0 amide bonds. The SMILES string of the molecule is Cn1cnc2c1c(=O)n(CCCSc1nc3ccc(Cl)cc3[nH]1)c(=O)n2C. The molecule has 0 bridgehead atoms. The Labute approximate surface area is 162 Å². The average Bonchev–Trinajstić information content (AvgIpc) is 3.22. The normalized spacial score (nSPS) is 11.7. The average molecular weight is 405 g/mol. The van der Waals surface area contributed by atoms with Crippen LogP contribution in [0.1, 0.15) is 6.42 Å². The molecule has 0 aliphatic heterocycles. The predicted molar refractivity (Wildman–Crippen MR) is 107 cm³/mol. The first-order chi connectivity index (χ1) is 13.0. The maximum atomic E-state index is 12.6. The molecule has 0 fully saturated rings. The van der Waals surface area contributed by atoms with E-state index < -0.39 is 0 Å². The fourth-order valence-corrected chi connectivity index (χ4v) is 4.00. The van der Waals surface area contributed by atoms with E-state index in [1.807, 2.05) is 12.1 Å². The van der Waals surface area contributed by atoms with Gasteiger partial charge >= 0.3 is 5.69 Å². The molecule has 1 N–H and O–H groups in total. The van der Waals surface area contributed by atoms with Crippen molar-refractivity contribution in [3.8, 4) is 0 Å². The zero-order valence-corrected chi connectivity index (χ0v) is 16.3. The lowest BCUT2D eigenvalue weighted by Gasteiger charge is -2.08. The number of thioether (sulfide) groups is 1. The first-order valence-corrected chi connectivity index (χ1v) is 9.71. The number of hydrogen-bond donors (Lipinski definition) is 1. The van der Waals surface area contributed by atoms with E-state index in [9.17, 15) is 9.59 Å². The molecular weight excluding hydrogens is 388 g/mol. The Morgan fingerprint density at radius 3 is 2.89 bits per heavy atom. The third-order valence-corrected chi connectivity index (χ3v) is 5.58. The molecule has 8 nitrogen and oxygen atoms in total. The standard InChI is InChI=1S/C17H17ClN6O2S/c1-22-9-19-14-13(22)15(25)24(17(26)23(14)2)6-3-7-27-16-20-11-5-4-10(18)8-12(11)21-16/h4-5,8-9H,3,6-7H2,1-2H3,(H,20,21). The van der Waals surface area contributed by atoms with Crippen LogP contribution in [-0.4, -0.2) is 34.4 Å². The monoisotopic (exact) mass is 404 g/mol. The van der Waals surface area contributed by atoms with Crippen molar-refractivity contribution in [2.75, 3.05) is 5.75 Å². The Morgan fingerprint density at radius 1 is 1.26 bits per heavy atom. The van der Waals surface area contributed by atoms with Crippen molar-refractivity contribution in [3.63, 3.8) is 0 Å². The van der Waals surface area contributed by atoms with Crippen molar-refractivity contribution >= 4 is 45.6 Å². The van der Waals surface area contributed by atoms with Crippen molar-refractivity contribution in [3.05, 3.63) is 50.4 Å². The third-order valence-electron chi connectivity index (χ3n) is 4.39. The molecule has 27 heavy (non-hydrogen) atoms. The first-order valence-electron chi connectivity index (χ1n) is 8.34. The maximum Gasteiger partial charge on any atom is 0.332 e. The van der Waals surface area contributed by atoms with E-state index in [1.54, 1.807) is 42.8 Å². The van der Waals surface area contributed by atoms with Crippen LogP contribution in [0.25, 0.3) is 22.2 Å². The summed E-state index contributed by atoms with van der Waals surface area (Å²) in [6, 6.07) is 5.50. The van der Waals surface area contributed by atoms with Gasteiger partial charge in [0.05, 0.1) is 17.4 Å². The van der Waals surface area contributed by atoms with Crippen LogP contribution in [0.4, 0.5) is 0 Å². The number of aromatic nitrogens is 6. The van der Waals surface area contributed by atoms with Crippen LogP contribution >= 0.6 is 23.4 Å². The largest absolute Gasteiger partial charge is 0.333 e. The number of nitrogens with one attached hydrogen (secondary N) is 1. The van der Waals surface area contributed by atoms with Crippen molar-refractivity contribution in [2.45, 2.75) is 18.1 Å². The summed E-state index contributed by atoms with van der Waals surface area (Å²) in [4.78, 5) is 37.0. The molecule has 0 saturated heterocycles. The molecule has 0 aliphatic carbocycles. The van der Waals surface area contributed by atoms with Gasteiger partial charge in [-0.05, 0) is 24.6 Å². The van der Waals surface area contributed by atoms with Crippen LogP contribution < -0.4 is 11.2 Å². The number of imidazole rings is 2. The second-order valence-corrected chi connectivity index (χ2v) is 7.75. The van der Waals surface area contributed by atoms with Crippen LogP contribution in [0.5, 0.6) is 0 Å². The molecule has 0 saturated carbocycles. The van der Waals surface area contributed by atoms with Gasteiger partial charge in [-0.2, -0.15) is 0 Å². The minimum absolute atomic E-state index is 0.309. The summed E-state index contributed by atoms with van der Waals surface area (Å²) >= 11 is 7.53. The summed E-state index contributed by atoms with van der Waals surface area (Å²) in [7, 11) is 3.37. The molecule has 0 radical (unpaired) electrons. The number of aryl methyl sites for hydroxylation is 2. The number of halogens is 1. The highest BCUT2D eigenvalue weighted by molar-refractivity contribution is 7.99. The molecule has 0 aliphatic rings. The van der Waals surface area contributed by atoms with Gasteiger partial charge in [0.1, 0.15) is 0 Å². The summed E-state index contributed by atoms with van der Waals surface area (Å²) in [5, 5.41) is 1.44. The Morgan fingerprint density at radius 2 is 2.07 bits per heavy atom. The van der Waals surface area contributed by atoms with E-state index in [4.69, 9.17) is 11.6 Å². The minimum atomic E-state index is -0.352. The summed E-state index contributed by atoms with van der Waals surface area (Å²) in [5.74, 6) is 0.715. The Kier molecular flexibility index (Phi) is 4.56. The summed E-state index contributed by atoms with van der Waals surface area (Å²) < 4.78 is 4.32. The quantitative estimate of drug-likeness (QED) is 0.406. The summed E-state index contributed by atoms with van der Waals surface area (Å²) in [6.07, 6.45) is 2.19. The fraction of sp³-hybridized carbons (Fsp3) is 0.294. The zero-order valence-electron chi connectivity index (χ0n) is 14.8. The zero-order chi connectivity index (χ0) is 19.1. The van der Waals surface area contributed by atoms with Gasteiger partial charge in [-0.25, -0.2) is 14.8 Å². The van der Waals surface area contributed by atoms with Gasteiger partial charge in [-0.3, -0.25) is 13.9 Å². The van der Waals surface area contributed by atoms with Crippen molar-refractivity contribution in [1.82, 2.24) is 28.7 Å². The highest BCUT2D eigenvalue weighted by Gasteiger charge is 2.14. The van der Waals surface area contributed by atoms with E-state index >= 15 is 0 Å². The lowest BCUT2D eigenvalue weighted by Crippen LogP contribution is -2.39. The first kappa shape index (κ1) is 17.9. The lowest BCUT2D eigenvalue weighted by molar-refractivity contribution is 0.594. The second kappa shape index (κ2) is 6.90. The minimum Gasteiger partial charge on any atom is -0.333 e. The van der Waals surface area contributed by atoms with Crippen molar-refractivity contribution in [1.29, 1.82) is 0 Å². The Balaban J connectivity index is 1.49. The number of rotatable bonds is 5. The fourth-order valence-electron chi connectivity index (χ4n) is 3.01. The van der Waals surface area contributed by atoms with Crippen LogP contribution in [-0.2, 0) is 20.6 Å². The van der Waals surface area contributed by atoms with E-state index in [0.717, 1.165) is 16.2 Å². The number of nitrogens with zero attached hydrogens (tertiary/aromatic N) is 5. The molecule has 10 heteroatoms. The van der Waals surface area contributed by atoms with Gasteiger partial charge in [0.2, 0.25) is 0 Å². The van der Waals surface area contributed by atoms with Crippen molar-refractivity contribution < 1.29 is 0 Å². The number of H-pyrrole nitrogens is 1. The van der Waals surface area contributed by atoms with E-state index in [1.165, 1.54) is 9.13 Å². The molecule has 0 atom stereocenters. The second-order valence-electron chi connectivity index (χ2n) is 6.23. The molecule has 0 spiro atoms. The Hall–Kier alpha value is -2.52. The molecule has 4 rings (SSSR count). The van der Waals surface area contributed by atoms with E-state index in [-0.39, 0.29) is 11.2 Å². The highest BCUT2D eigenvalue weighted by atomic mass is 35.5. The highest BCUT2D eigenvalue weighted by Crippen LogP contribution is 2.22. The molecule has 3 aromatic heterocycles. The number of aromatic amines is 1. The number of fused-ring (bicyclic) bond motifs is 2. The number of benzene rings is 1. The van der Waals surface area contributed by atoms with Crippen LogP contribution in [0, 0.1) is 0 Å². The summed E-state index contributed by atoms with van der Waals surface area (Å²) in [5.41, 5.74) is 1.91. The van der Waals surface area contributed by atoms with Gasteiger partial charge in [0.15, 0.2) is 16.3 Å². The molecule has 1 aromatic carbocycles. The summed E-state index contributed by atoms with van der Waals surface area (Å²) in [6.45, 7) is 0.339. The smallest absolute Gasteiger partial charge is 0.332 e. The van der Waals surface area contributed by atoms with E-state index in [2.05, 4.69) is 15.0 Å². The van der Waals surface area contributed by atoms with Crippen LogP contribution in [0.15, 0.2) is 39.3 Å². The third kappa shape index (κ3) is 3.17. The Bertz CT molecular complexity index is 1270. The maximum absolute atomic E-state index is 12.6. The molecular formula is C17H17ClN6O2S. The van der Waals surface area contributed by atoms with Crippen molar-refractivity contribution in [2.24, 2.45) is 14.1 Å². The van der Waals surface area contributed by atoms with Gasteiger partial charge in [0, 0.05) is 31.4 Å². The topological polar surface area (TPSA) is 90.5 Å². The van der Waals surface area contributed by atoms with Crippen LogP contribution in [0.3, 0.4) is 0 Å².